The van der Waals surface area contributed by atoms with Crippen LogP contribution in [0.5, 0.6) is 0 Å². The van der Waals surface area contributed by atoms with E-state index < -0.39 is 11.8 Å². The summed E-state index contributed by atoms with van der Waals surface area (Å²) in [5.41, 5.74) is 9.88. The van der Waals surface area contributed by atoms with Crippen LogP contribution in [-0.4, -0.2) is 42.1 Å². The molecule has 0 saturated carbocycles. The summed E-state index contributed by atoms with van der Waals surface area (Å²) in [6, 6.07) is 0. The van der Waals surface area contributed by atoms with Crippen molar-refractivity contribution in [1.29, 1.82) is 0 Å². The number of rotatable bonds is 7. The molecule has 0 atom stereocenters. The Morgan fingerprint density at radius 3 is 1.71 bits per heavy atom. The molecule has 14 heavy (non-hydrogen) atoms. The highest BCUT2D eigenvalue weighted by atomic mass is 16.2. The quantitative estimate of drug-likeness (QED) is 0.508. The molecule has 0 saturated heterocycles. The average molecular weight is 201 g/mol. The summed E-state index contributed by atoms with van der Waals surface area (Å²) in [6.07, 6.45) is 0.355. The van der Waals surface area contributed by atoms with Crippen LogP contribution in [0.2, 0.25) is 0 Å². The lowest BCUT2D eigenvalue weighted by Crippen LogP contribution is -2.42. The predicted octanol–water partition coefficient (Wildman–Crippen LogP) is -1.76. The van der Waals surface area contributed by atoms with Gasteiger partial charge in [0.1, 0.15) is 5.78 Å². The molecular formula is C8H15N3O3. The van der Waals surface area contributed by atoms with Gasteiger partial charge in [0.05, 0.1) is 19.6 Å². The van der Waals surface area contributed by atoms with E-state index >= 15 is 0 Å². The van der Waals surface area contributed by atoms with E-state index in [-0.39, 0.29) is 25.4 Å². The SMILES string of the molecule is CCC(=O)CN(CC(N)=O)CC(N)=O. The van der Waals surface area contributed by atoms with Crippen LogP contribution in [0, 0.1) is 0 Å². The molecular weight excluding hydrogens is 186 g/mol. The first kappa shape index (κ1) is 12.6. The molecule has 0 aliphatic carbocycles. The van der Waals surface area contributed by atoms with Gasteiger partial charge in [-0.15, -0.1) is 0 Å². The van der Waals surface area contributed by atoms with E-state index in [2.05, 4.69) is 0 Å². The number of primary amides is 2. The Hall–Kier alpha value is -1.43. The van der Waals surface area contributed by atoms with Gasteiger partial charge in [0.25, 0.3) is 0 Å². The van der Waals surface area contributed by atoms with Crippen LogP contribution >= 0.6 is 0 Å². The van der Waals surface area contributed by atoms with E-state index in [0.717, 1.165) is 0 Å². The zero-order valence-corrected chi connectivity index (χ0v) is 8.16. The van der Waals surface area contributed by atoms with Gasteiger partial charge in [-0.25, -0.2) is 0 Å². The number of carbonyl (C=O) groups excluding carboxylic acids is 3. The smallest absolute Gasteiger partial charge is 0.231 e. The Balaban J connectivity index is 4.16. The van der Waals surface area contributed by atoms with Crippen LogP contribution in [0.25, 0.3) is 0 Å². The number of amides is 2. The monoisotopic (exact) mass is 201 g/mol. The average Bonchev–Trinajstić information content (AvgIpc) is 2.01. The highest BCUT2D eigenvalue weighted by molar-refractivity contribution is 5.83. The van der Waals surface area contributed by atoms with Gasteiger partial charge < -0.3 is 11.5 Å². The van der Waals surface area contributed by atoms with Crippen LogP contribution < -0.4 is 11.5 Å². The van der Waals surface area contributed by atoms with Crippen LogP contribution in [0.1, 0.15) is 13.3 Å². The first-order chi connectivity index (χ1) is 6.45. The summed E-state index contributed by atoms with van der Waals surface area (Å²) in [4.78, 5) is 33.5. The Kier molecular flexibility index (Phi) is 5.47. The van der Waals surface area contributed by atoms with Crippen LogP contribution in [0.15, 0.2) is 0 Å². The lowest BCUT2D eigenvalue weighted by molar-refractivity contribution is -0.124. The number of nitrogens with zero attached hydrogens (tertiary/aromatic N) is 1. The number of Topliss-reactive ketones (excluding diaryl/α,β-unsaturated/α-hetero) is 1. The summed E-state index contributed by atoms with van der Waals surface area (Å²) in [5, 5.41) is 0. The van der Waals surface area contributed by atoms with Gasteiger partial charge in [0, 0.05) is 6.42 Å². The van der Waals surface area contributed by atoms with E-state index in [1.807, 2.05) is 0 Å². The van der Waals surface area contributed by atoms with Gasteiger partial charge >= 0.3 is 0 Å². The fourth-order valence-corrected chi connectivity index (χ4v) is 0.970. The number of hydrogen-bond donors (Lipinski definition) is 2. The minimum atomic E-state index is -0.588. The molecule has 0 fully saturated rings. The maximum absolute atomic E-state index is 11.0. The van der Waals surface area contributed by atoms with Crippen LogP contribution in [-0.2, 0) is 14.4 Å². The molecule has 0 aliphatic heterocycles. The van der Waals surface area contributed by atoms with E-state index in [4.69, 9.17) is 11.5 Å². The molecule has 0 aliphatic rings. The minimum Gasteiger partial charge on any atom is -0.369 e. The highest BCUT2D eigenvalue weighted by Gasteiger charge is 2.13. The second-order valence-corrected chi connectivity index (χ2v) is 2.97. The van der Waals surface area contributed by atoms with E-state index in [1.54, 1.807) is 6.92 Å². The van der Waals surface area contributed by atoms with Gasteiger partial charge in [-0.05, 0) is 0 Å². The summed E-state index contributed by atoms with van der Waals surface area (Å²) in [6.45, 7) is 1.47. The minimum absolute atomic E-state index is 0.0301. The maximum atomic E-state index is 11.0. The second kappa shape index (κ2) is 6.09. The molecule has 0 bridgehead atoms. The summed E-state index contributed by atoms with van der Waals surface area (Å²) < 4.78 is 0. The van der Waals surface area contributed by atoms with Crippen molar-refractivity contribution < 1.29 is 14.4 Å². The Morgan fingerprint density at radius 1 is 1.00 bits per heavy atom. The molecule has 4 N–H and O–H groups in total. The van der Waals surface area contributed by atoms with Gasteiger partial charge in [-0.2, -0.15) is 0 Å². The van der Waals surface area contributed by atoms with Gasteiger partial charge in [0.2, 0.25) is 11.8 Å². The number of carbonyl (C=O) groups is 3. The summed E-state index contributed by atoms with van der Waals surface area (Å²) in [7, 11) is 0. The fraction of sp³-hybridized carbons (Fsp3) is 0.625. The zero-order chi connectivity index (χ0) is 11.1. The van der Waals surface area contributed by atoms with Crippen molar-refractivity contribution in [2.75, 3.05) is 19.6 Å². The molecule has 0 heterocycles. The standard InChI is InChI=1S/C8H15N3O3/c1-2-6(12)3-11(4-7(9)13)5-8(10)14/h2-5H2,1H3,(H2,9,13)(H2,10,14). The van der Waals surface area contributed by atoms with Crippen molar-refractivity contribution in [2.24, 2.45) is 11.5 Å². The largest absolute Gasteiger partial charge is 0.369 e. The maximum Gasteiger partial charge on any atom is 0.231 e. The molecule has 0 unspecified atom stereocenters. The topological polar surface area (TPSA) is 106 Å². The molecule has 0 aromatic rings. The zero-order valence-electron chi connectivity index (χ0n) is 8.16. The van der Waals surface area contributed by atoms with E-state index in [1.165, 1.54) is 4.90 Å². The molecule has 0 radical (unpaired) electrons. The molecule has 2 amide bonds. The molecule has 6 nitrogen and oxygen atoms in total. The van der Waals surface area contributed by atoms with Gasteiger partial charge in [0.15, 0.2) is 0 Å². The Morgan fingerprint density at radius 2 is 1.43 bits per heavy atom. The number of hydrogen-bond acceptors (Lipinski definition) is 4. The van der Waals surface area contributed by atoms with Crippen molar-refractivity contribution in [3.8, 4) is 0 Å². The van der Waals surface area contributed by atoms with Crippen LogP contribution in [0.4, 0.5) is 0 Å². The third kappa shape index (κ3) is 6.13. The molecule has 0 aromatic heterocycles. The Bertz CT molecular complexity index is 224. The predicted molar refractivity (Wildman–Crippen MR) is 50.1 cm³/mol. The second-order valence-electron chi connectivity index (χ2n) is 2.97. The number of nitrogens with two attached hydrogens (primary N) is 2. The van der Waals surface area contributed by atoms with Crippen molar-refractivity contribution in [3.05, 3.63) is 0 Å². The van der Waals surface area contributed by atoms with E-state index in [9.17, 15) is 14.4 Å². The lowest BCUT2D eigenvalue weighted by atomic mass is 10.3. The van der Waals surface area contributed by atoms with Gasteiger partial charge in [-0.1, -0.05) is 6.92 Å². The van der Waals surface area contributed by atoms with Crippen molar-refractivity contribution in [1.82, 2.24) is 4.90 Å². The van der Waals surface area contributed by atoms with Crippen molar-refractivity contribution in [3.63, 3.8) is 0 Å². The normalized spacial score (nSPS) is 10.1. The first-order valence-corrected chi connectivity index (χ1v) is 4.26. The Labute approximate surface area is 82.2 Å². The molecule has 0 spiro atoms. The van der Waals surface area contributed by atoms with Crippen molar-refractivity contribution >= 4 is 17.6 Å². The van der Waals surface area contributed by atoms with Crippen LogP contribution in [0.3, 0.4) is 0 Å². The number of ketones is 1. The summed E-state index contributed by atoms with van der Waals surface area (Å²) in [5.74, 6) is -1.24. The lowest BCUT2D eigenvalue weighted by Gasteiger charge is -2.17. The summed E-state index contributed by atoms with van der Waals surface area (Å²) >= 11 is 0. The molecule has 80 valence electrons. The van der Waals surface area contributed by atoms with Gasteiger partial charge in [-0.3, -0.25) is 19.3 Å². The van der Waals surface area contributed by atoms with Crippen molar-refractivity contribution in [2.45, 2.75) is 13.3 Å². The van der Waals surface area contributed by atoms with E-state index in [0.29, 0.717) is 6.42 Å². The molecule has 0 aromatic carbocycles. The highest BCUT2D eigenvalue weighted by Crippen LogP contribution is 1.90. The first-order valence-electron chi connectivity index (χ1n) is 4.26. The molecule has 0 rings (SSSR count). The fourth-order valence-electron chi connectivity index (χ4n) is 0.970. The third-order valence-electron chi connectivity index (χ3n) is 1.55. The third-order valence-corrected chi connectivity index (χ3v) is 1.55. The molecule has 6 heteroatoms.